The zero-order chi connectivity index (χ0) is 27.5. The van der Waals surface area contributed by atoms with Crippen molar-refractivity contribution >= 4 is 29.0 Å². The van der Waals surface area contributed by atoms with Crippen LogP contribution in [0.15, 0.2) is 54.6 Å². The molecule has 0 fully saturated rings. The van der Waals surface area contributed by atoms with Crippen LogP contribution in [0.1, 0.15) is 36.7 Å². The third kappa shape index (κ3) is 7.45. The Hall–Kier alpha value is -4.60. The molecule has 3 aromatic rings. The summed E-state index contributed by atoms with van der Waals surface area (Å²) in [5.41, 5.74) is 8.50. The fraction of sp³-hybridized carbons (Fsp3) is 0.286. The van der Waals surface area contributed by atoms with E-state index in [9.17, 15) is 9.59 Å². The van der Waals surface area contributed by atoms with Gasteiger partial charge in [-0.1, -0.05) is 0 Å². The van der Waals surface area contributed by atoms with Crippen molar-refractivity contribution in [3.05, 3.63) is 65.7 Å². The number of urea groups is 1. The first-order valence-electron chi connectivity index (χ1n) is 12.3. The van der Waals surface area contributed by atoms with Crippen LogP contribution in [0.3, 0.4) is 0 Å². The van der Waals surface area contributed by atoms with Crippen LogP contribution < -0.4 is 40.6 Å². The topological polar surface area (TPSA) is 133 Å². The van der Waals surface area contributed by atoms with Gasteiger partial charge in [0.05, 0.1) is 38.2 Å². The predicted octanol–water partition coefficient (Wildman–Crippen LogP) is 5.05. The van der Waals surface area contributed by atoms with Gasteiger partial charge in [-0.15, -0.1) is 0 Å². The van der Waals surface area contributed by atoms with Gasteiger partial charge in [0.2, 0.25) is 0 Å². The smallest absolute Gasteiger partial charge is 0.319 e. The molecule has 0 saturated heterocycles. The molecule has 0 atom stereocenters. The second kappa shape index (κ2) is 13.6. The van der Waals surface area contributed by atoms with Gasteiger partial charge in [-0.2, -0.15) is 0 Å². The first-order chi connectivity index (χ1) is 18.4. The number of nitrogens with two attached hydrogens (primary N) is 1. The number of carbonyl (C=O) groups is 2. The maximum absolute atomic E-state index is 13.0. The van der Waals surface area contributed by atoms with Crippen molar-refractivity contribution in [1.82, 2.24) is 5.32 Å². The molecule has 3 amide bonds. The Kier molecular flexibility index (Phi) is 10.0. The van der Waals surface area contributed by atoms with E-state index >= 15 is 0 Å². The maximum Gasteiger partial charge on any atom is 0.319 e. The number of methoxy groups -OCH3 is 1. The second-order valence-corrected chi connectivity index (χ2v) is 8.00. The summed E-state index contributed by atoms with van der Waals surface area (Å²) in [6.07, 6.45) is 0. The predicted molar refractivity (Wildman–Crippen MR) is 148 cm³/mol. The molecule has 0 aliphatic carbocycles. The number of rotatable bonds is 12. The van der Waals surface area contributed by atoms with Crippen molar-refractivity contribution in [2.24, 2.45) is 0 Å². The van der Waals surface area contributed by atoms with Gasteiger partial charge in [0.1, 0.15) is 23.0 Å². The minimum absolute atomic E-state index is 0.170. The molecule has 0 aromatic heterocycles. The highest BCUT2D eigenvalue weighted by Crippen LogP contribution is 2.31. The van der Waals surface area contributed by atoms with Gasteiger partial charge in [-0.05, 0) is 69.3 Å². The summed E-state index contributed by atoms with van der Waals surface area (Å²) in [5.74, 6) is 1.78. The Labute approximate surface area is 222 Å². The lowest BCUT2D eigenvalue weighted by molar-refractivity contribution is 0.102. The fourth-order valence-corrected chi connectivity index (χ4v) is 3.62. The molecule has 3 rings (SSSR count). The van der Waals surface area contributed by atoms with Gasteiger partial charge in [0, 0.05) is 29.5 Å². The highest BCUT2D eigenvalue weighted by atomic mass is 16.5. The molecule has 0 saturated carbocycles. The molecule has 0 aliphatic rings. The first-order valence-corrected chi connectivity index (χ1v) is 12.3. The molecule has 3 aromatic carbocycles. The Balaban J connectivity index is 1.72. The van der Waals surface area contributed by atoms with Crippen LogP contribution in [-0.4, -0.2) is 38.9 Å². The number of amides is 3. The third-order valence-corrected chi connectivity index (χ3v) is 5.36. The molecule has 0 aliphatic heterocycles. The number of anilines is 3. The largest absolute Gasteiger partial charge is 0.497 e. The van der Waals surface area contributed by atoms with Crippen molar-refractivity contribution in [3.8, 4) is 23.0 Å². The van der Waals surface area contributed by atoms with E-state index in [2.05, 4.69) is 16.0 Å². The SMILES string of the molecule is CCOc1cc(CNC(=O)Nc2ccc(OCC)c(C(=O)Nc3ccc(OC)cc3)c2)c(OCC)cc1N. The van der Waals surface area contributed by atoms with E-state index in [4.69, 9.17) is 24.7 Å². The fourth-order valence-electron chi connectivity index (χ4n) is 3.62. The van der Waals surface area contributed by atoms with Crippen LogP contribution in [0.4, 0.5) is 21.9 Å². The average molecular weight is 523 g/mol. The Morgan fingerprint density at radius 3 is 2.05 bits per heavy atom. The lowest BCUT2D eigenvalue weighted by Gasteiger charge is -2.16. The lowest BCUT2D eigenvalue weighted by Crippen LogP contribution is -2.28. The molecule has 0 spiro atoms. The van der Waals surface area contributed by atoms with Crippen molar-refractivity contribution in [2.75, 3.05) is 43.3 Å². The quantitative estimate of drug-likeness (QED) is 0.245. The number of nitrogen functional groups attached to an aromatic ring is 1. The van der Waals surface area contributed by atoms with Crippen LogP contribution in [0.2, 0.25) is 0 Å². The number of carbonyl (C=O) groups excluding carboxylic acids is 2. The van der Waals surface area contributed by atoms with Crippen LogP contribution in [0, 0.1) is 0 Å². The molecule has 202 valence electrons. The van der Waals surface area contributed by atoms with Gasteiger partial charge >= 0.3 is 6.03 Å². The molecule has 5 N–H and O–H groups in total. The Morgan fingerprint density at radius 2 is 1.39 bits per heavy atom. The Bertz CT molecular complexity index is 1250. The standard InChI is InChI=1S/C28H34N4O6/c1-5-36-24-13-10-20(15-22(24)27(33)31-19-8-11-21(35-4)12-9-19)32-28(34)30-17-18-14-26(38-7-3)23(29)16-25(18)37-6-2/h8-16H,5-7,17,29H2,1-4H3,(H,31,33)(H2,30,32,34). The van der Waals surface area contributed by atoms with Gasteiger partial charge in [-0.3, -0.25) is 4.79 Å². The number of benzene rings is 3. The van der Waals surface area contributed by atoms with Gasteiger partial charge in [0.15, 0.2) is 0 Å². The van der Waals surface area contributed by atoms with Gasteiger partial charge in [-0.25, -0.2) is 4.79 Å². The lowest BCUT2D eigenvalue weighted by atomic mass is 10.1. The second-order valence-electron chi connectivity index (χ2n) is 8.00. The van der Waals surface area contributed by atoms with E-state index in [1.807, 2.05) is 20.8 Å². The molecule has 10 heteroatoms. The number of nitrogens with one attached hydrogen (secondary N) is 3. The van der Waals surface area contributed by atoms with Crippen LogP contribution >= 0.6 is 0 Å². The molecule has 0 bridgehead atoms. The van der Waals surface area contributed by atoms with E-state index in [-0.39, 0.29) is 18.0 Å². The van der Waals surface area contributed by atoms with E-state index in [1.54, 1.807) is 61.7 Å². The van der Waals surface area contributed by atoms with E-state index in [1.165, 1.54) is 0 Å². The summed E-state index contributed by atoms with van der Waals surface area (Å²) < 4.78 is 22.0. The van der Waals surface area contributed by atoms with E-state index in [0.29, 0.717) is 65.4 Å². The highest BCUT2D eigenvalue weighted by Gasteiger charge is 2.16. The molecule has 0 unspecified atom stereocenters. The van der Waals surface area contributed by atoms with Gasteiger partial charge < -0.3 is 40.6 Å². The number of hydrogen-bond acceptors (Lipinski definition) is 7. The van der Waals surface area contributed by atoms with Crippen molar-refractivity contribution < 1.29 is 28.5 Å². The van der Waals surface area contributed by atoms with Crippen LogP contribution in [-0.2, 0) is 6.54 Å². The van der Waals surface area contributed by atoms with Crippen molar-refractivity contribution in [2.45, 2.75) is 27.3 Å². The third-order valence-electron chi connectivity index (χ3n) is 5.36. The number of hydrogen-bond donors (Lipinski definition) is 4. The molecule has 10 nitrogen and oxygen atoms in total. The zero-order valence-corrected chi connectivity index (χ0v) is 22.1. The Morgan fingerprint density at radius 1 is 0.763 bits per heavy atom. The minimum Gasteiger partial charge on any atom is -0.497 e. The van der Waals surface area contributed by atoms with Crippen LogP contribution in [0.25, 0.3) is 0 Å². The summed E-state index contributed by atoms with van der Waals surface area (Å²) in [6.45, 7) is 7.01. The summed E-state index contributed by atoms with van der Waals surface area (Å²) in [7, 11) is 1.57. The zero-order valence-electron chi connectivity index (χ0n) is 22.1. The molecule has 0 radical (unpaired) electrons. The molecule has 38 heavy (non-hydrogen) atoms. The highest BCUT2D eigenvalue weighted by molar-refractivity contribution is 6.07. The summed E-state index contributed by atoms with van der Waals surface area (Å²) >= 11 is 0. The minimum atomic E-state index is -0.465. The summed E-state index contributed by atoms with van der Waals surface area (Å²) in [4.78, 5) is 25.8. The molecular weight excluding hydrogens is 488 g/mol. The number of ether oxygens (including phenoxy) is 4. The molecular formula is C28H34N4O6. The summed E-state index contributed by atoms with van der Waals surface area (Å²) in [5, 5.41) is 8.40. The first kappa shape index (κ1) is 28.0. The normalized spacial score (nSPS) is 10.3. The van der Waals surface area contributed by atoms with Crippen molar-refractivity contribution in [3.63, 3.8) is 0 Å². The van der Waals surface area contributed by atoms with Crippen LogP contribution in [0.5, 0.6) is 23.0 Å². The monoisotopic (exact) mass is 522 g/mol. The maximum atomic E-state index is 13.0. The van der Waals surface area contributed by atoms with Gasteiger partial charge in [0.25, 0.3) is 5.91 Å². The summed E-state index contributed by atoms with van der Waals surface area (Å²) in [6, 6.07) is 14.8. The van der Waals surface area contributed by atoms with Crippen molar-refractivity contribution in [1.29, 1.82) is 0 Å². The average Bonchev–Trinajstić information content (AvgIpc) is 2.91. The van der Waals surface area contributed by atoms with E-state index in [0.717, 1.165) is 0 Å². The molecule has 0 heterocycles. The van der Waals surface area contributed by atoms with E-state index < -0.39 is 6.03 Å².